The molecule has 24 heavy (non-hydrogen) atoms. The number of fused-ring (bicyclic) bond motifs is 3. The minimum atomic E-state index is -0.996. The molecule has 0 heterocycles. The second-order valence-corrected chi connectivity index (χ2v) is 6.83. The molecule has 0 aromatic heterocycles. The number of benzene rings is 2. The van der Waals surface area contributed by atoms with Crippen molar-refractivity contribution >= 4 is 0 Å². The van der Waals surface area contributed by atoms with Gasteiger partial charge in [0.1, 0.15) is 12.1 Å². The summed E-state index contributed by atoms with van der Waals surface area (Å²) in [5, 5.41) is 11.4. The number of nitrogens with one attached hydrogen (secondary N) is 1. The van der Waals surface area contributed by atoms with Crippen molar-refractivity contribution < 1.29 is 10.0 Å². The Morgan fingerprint density at radius 3 is 2.00 bits per heavy atom. The second-order valence-electron chi connectivity index (χ2n) is 6.83. The normalized spacial score (nSPS) is 15.4. The van der Waals surface area contributed by atoms with Crippen LogP contribution in [0.15, 0.2) is 48.5 Å². The predicted molar refractivity (Wildman–Crippen MR) is 98.8 cm³/mol. The fraction of sp³-hybridized carbons (Fsp3) is 0.364. The average Bonchev–Trinajstić information content (AvgIpc) is 2.85. The van der Waals surface area contributed by atoms with Gasteiger partial charge in [-0.05, 0) is 48.9 Å². The highest BCUT2D eigenvalue weighted by atomic mass is 16.3. The van der Waals surface area contributed by atoms with Gasteiger partial charge in [0, 0.05) is 6.42 Å². The van der Waals surface area contributed by atoms with Crippen molar-refractivity contribution in [3.63, 3.8) is 0 Å². The van der Waals surface area contributed by atoms with Gasteiger partial charge in [-0.3, -0.25) is 0 Å². The van der Waals surface area contributed by atoms with E-state index in [-0.39, 0.29) is 0 Å². The van der Waals surface area contributed by atoms with E-state index in [2.05, 4.69) is 44.7 Å². The highest BCUT2D eigenvalue weighted by Gasteiger charge is 2.40. The van der Waals surface area contributed by atoms with Crippen LogP contribution >= 0.6 is 0 Å². The van der Waals surface area contributed by atoms with Crippen LogP contribution < -0.4 is 4.90 Å². The van der Waals surface area contributed by atoms with Gasteiger partial charge < -0.3 is 10.0 Å². The van der Waals surface area contributed by atoms with Crippen LogP contribution in [0.2, 0.25) is 0 Å². The maximum Gasteiger partial charge on any atom is 0.139 e. The Hall–Kier alpha value is -2.08. The van der Waals surface area contributed by atoms with E-state index in [4.69, 9.17) is 0 Å². The van der Waals surface area contributed by atoms with E-state index in [9.17, 15) is 5.11 Å². The lowest BCUT2D eigenvalue weighted by Crippen LogP contribution is -3.14. The van der Waals surface area contributed by atoms with Crippen molar-refractivity contribution in [2.24, 2.45) is 0 Å². The minimum absolute atomic E-state index is 0.441. The fourth-order valence-corrected chi connectivity index (χ4v) is 3.60. The van der Waals surface area contributed by atoms with Crippen LogP contribution in [0.5, 0.6) is 0 Å². The summed E-state index contributed by atoms with van der Waals surface area (Å²) in [7, 11) is 0. The lowest BCUT2D eigenvalue weighted by atomic mass is 9.88. The molecule has 1 unspecified atom stereocenters. The number of quaternary nitrogens is 1. The monoisotopic (exact) mass is 320 g/mol. The average molecular weight is 320 g/mol. The van der Waals surface area contributed by atoms with Crippen LogP contribution in [-0.2, 0) is 5.60 Å². The van der Waals surface area contributed by atoms with E-state index in [1.807, 2.05) is 36.4 Å². The molecule has 124 valence electrons. The molecule has 0 saturated heterocycles. The van der Waals surface area contributed by atoms with Crippen molar-refractivity contribution in [2.75, 3.05) is 13.1 Å². The van der Waals surface area contributed by atoms with Gasteiger partial charge in [-0.15, -0.1) is 0 Å². The number of rotatable bonds is 4. The topological polar surface area (TPSA) is 24.7 Å². The maximum absolute atomic E-state index is 11.4. The molecule has 2 heteroatoms. The second kappa shape index (κ2) is 6.81. The molecule has 3 rings (SSSR count). The quantitative estimate of drug-likeness (QED) is 0.832. The Morgan fingerprint density at radius 1 is 0.958 bits per heavy atom. The number of hydrogen-bond acceptors (Lipinski definition) is 1. The van der Waals surface area contributed by atoms with Crippen LogP contribution in [0, 0.1) is 11.8 Å². The van der Waals surface area contributed by atoms with E-state index in [0.717, 1.165) is 35.3 Å². The molecule has 2 nitrogen and oxygen atoms in total. The highest BCUT2D eigenvalue weighted by Crippen LogP contribution is 2.48. The minimum Gasteiger partial charge on any atom is -0.379 e. The van der Waals surface area contributed by atoms with Crippen LogP contribution in [0.4, 0.5) is 0 Å². The zero-order valence-electron chi connectivity index (χ0n) is 14.8. The van der Waals surface area contributed by atoms with Crippen molar-refractivity contribution in [3.8, 4) is 23.0 Å². The van der Waals surface area contributed by atoms with Crippen molar-refractivity contribution in [1.82, 2.24) is 0 Å². The van der Waals surface area contributed by atoms with E-state index < -0.39 is 5.60 Å². The molecule has 1 atom stereocenters. The Labute approximate surface area is 145 Å². The van der Waals surface area contributed by atoms with Gasteiger partial charge in [-0.25, -0.2) is 0 Å². The largest absolute Gasteiger partial charge is 0.379 e. The zero-order chi connectivity index (χ0) is 17.2. The molecule has 0 spiro atoms. The molecule has 2 aromatic carbocycles. The van der Waals surface area contributed by atoms with Crippen molar-refractivity contribution in [2.45, 2.75) is 38.8 Å². The third kappa shape index (κ3) is 2.86. The molecular formula is C22H26NO+. The van der Waals surface area contributed by atoms with Gasteiger partial charge in [-0.2, -0.15) is 0 Å². The lowest BCUT2D eigenvalue weighted by Gasteiger charge is -2.23. The van der Waals surface area contributed by atoms with Crippen LogP contribution in [0.3, 0.4) is 0 Å². The summed E-state index contributed by atoms with van der Waals surface area (Å²) in [5.41, 5.74) is 3.21. The third-order valence-corrected chi connectivity index (χ3v) is 5.09. The summed E-state index contributed by atoms with van der Waals surface area (Å²) < 4.78 is 0. The van der Waals surface area contributed by atoms with E-state index >= 15 is 0 Å². The molecule has 0 aliphatic heterocycles. The molecular weight excluding hydrogens is 294 g/mol. The Morgan fingerprint density at radius 2 is 1.50 bits per heavy atom. The van der Waals surface area contributed by atoms with Crippen LogP contribution in [0.25, 0.3) is 11.1 Å². The fourth-order valence-electron chi connectivity index (χ4n) is 3.60. The Bertz CT molecular complexity index is 736. The van der Waals surface area contributed by atoms with Gasteiger partial charge in [0.05, 0.1) is 12.6 Å². The molecule has 2 N–H and O–H groups in total. The summed E-state index contributed by atoms with van der Waals surface area (Å²) in [6.45, 7) is 8.53. The van der Waals surface area contributed by atoms with Gasteiger partial charge in [-0.1, -0.05) is 54.5 Å². The van der Waals surface area contributed by atoms with Gasteiger partial charge >= 0.3 is 0 Å². The first-order chi connectivity index (χ1) is 11.6. The number of aliphatic hydroxyl groups is 1. The summed E-state index contributed by atoms with van der Waals surface area (Å²) in [6, 6.07) is 16.8. The van der Waals surface area contributed by atoms with Crippen LogP contribution in [-0.4, -0.2) is 24.2 Å². The summed E-state index contributed by atoms with van der Waals surface area (Å²) in [6.07, 6.45) is 0.441. The molecule has 1 aliphatic rings. The number of hydrogen-bond donors (Lipinski definition) is 2. The van der Waals surface area contributed by atoms with E-state index in [1.54, 1.807) is 0 Å². The molecule has 0 fully saturated rings. The standard InChI is InChI=1S/C22H25NO/c1-4-23(17(2)3)16-10-9-15-22(24)20-13-7-5-11-18(20)19-12-6-8-14-21(19)22/h5-8,11-14,17,24H,4,15-16H2,1-3H3/p+1. The Balaban J connectivity index is 1.88. The lowest BCUT2D eigenvalue weighted by molar-refractivity contribution is -0.912. The van der Waals surface area contributed by atoms with Crippen molar-refractivity contribution in [1.29, 1.82) is 0 Å². The van der Waals surface area contributed by atoms with Gasteiger partial charge in [0.15, 0.2) is 0 Å². The summed E-state index contributed by atoms with van der Waals surface area (Å²) in [5.74, 6) is 6.53. The van der Waals surface area contributed by atoms with E-state index in [0.29, 0.717) is 12.5 Å². The zero-order valence-corrected chi connectivity index (χ0v) is 14.8. The summed E-state index contributed by atoms with van der Waals surface area (Å²) >= 11 is 0. The first-order valence-corrected chi connectivity index (χ1v) is 8.80. The van der Waals surface area contributed by atoms with E-state index in [1.165, 1.54) is 4.90 Å². The third-order valence-electron chi connectivity index (χ3n) is 5.09. The van der Waals surface area contributed by atoms with Gasteiger partial charge in [0.25, 0.3) is 0 Å². The molecule has 0 amide bonds. The Kier molecular flexibility index (Phi) is 4.76. The first kappa shape index (κ1) is 16.8. The SMILES string of the molecule is CC[NH+](CC#CCC1(O)c2ccccc2-c2ccccc21)C(C)C. The van der Waals surface area contributed by atoms with Gasteiger partial charge in [0.2, 0.25) is 0 Å². The maximum atomic E-state index is 11.4. The molecule has 2 aromatic rings. The smallest absolute Gasteiger partial charge is 0.139 e. The summed E-state index contributed by atoms with van der Waals surface area (Å²) in [4.78, 5) is 1.47. The molecule has 0 bridgehead atoms. The molecule has 0 radical (unpaired) electrons. The predicted octanol–water partition coefficient (Wildman–Crippen LogP) is 2.61. The van der Waals surface area contributed by atoms with Crippen molar-refractivity contribution in [3.05, 3.63) is 59.7 Å². The van der Waals surface area contributed by atoms with Crippen LogP contribution in [0.1, 0.15) is 38.3 Å². The first-order valence-electron chi connectivity index (χ1n) is 8.80. The molecule has 0 saturated carbocycles. The molecule has 1 aliphatic carbocycles. The highest BCUT2D eigenvalue weighted by molar-refractivity contribution is 5.80.